The molecule has 0 bridgehead atoms. The third-order valence-corrected chi connectivity index (χ3v) is 1.91. The molecule has 1 unspecified atom stereocenters. The Morgan fingerprint density at radius 3 is 2.64 bits per heavy atom. The highest BCUT2D eigenvalue weighted by molar-refractivity contribution is 5.74. The molecule has 0 rings (SSSR count). The van der Waals surface area contributed by atoms with Crippen molar-refractivity contribution in [2.45, 2.75) is 27.2 Å². The molecule has 0 fully saturated rings. The van der Waals surface area contributed by atoms with Crippen LogP contribution in [-0.4, -0.2) is 30.6 Å². The molecule has 0 spiro atoms. The van der Waals surface area contributed by atoms with Gasteiger partial charge in [-0.25, -0.2) is 4.79 Å². The zero-order chi connectivity index (χ0) is 11.0. The van der Waals surface area contributed by atoms with Gasteiger partial charge in [0.1, 0.15) is 0 Å². The maximum Gasteiger partial charge on any atom is 0.317 e. The highest BCUT2D eigenvalue weighted by Crippen LogP contribution is 1.98. The summed E-state index contributed by atoms with van der Waals surface area (Å²) in [4.78, 5) is 13.1. The molecule has 1 N–H and O–H groups in total. The van der Waals surface area contributed by atoms with Gasteiger partial charge in [0, 0.05) is 19.6 Å². The van der Waals surface area contributed by atoms with Crippen molar-refractivity contribution >= 4 is 6.03 Å². The lowest BCUT2D eigenvalue weighted by molar-refractivity contribution is 0.196. The molecular weight excluding hydrogens is 178 g/mol. The van der Waals surface area contributed by atoms with E-state index in [4.69, 9.17) is 5.26 Å². The fraction of sp³-hybridized carbons (Fsp3) is 0.800. The summed E-state index contributed by atoms with van der Waals surface area (Å²) >= 11 is 0. The predicted octanol–water partition coefficient (Wildman–Crippen LogP) is 1.59. The molecule has 4 nitrogen and oxygen atoms in total. The van der Waals surface area contributed by atoms with Crippen LogP contribution in [0.3, 0.4) is 0 Å². The number of amides is 2. The van der Waals surface area contributed by atoms with Crippen molar-refractivity contribution in [2.75, 3.05) is 19.6 Å². The van der Waals surface area contributed by atoms with Crippen LogP contribution in [0.15, 0.2) is 0 Å². The normalized spacial score (nSPS) is 11.6. The van der Waals surface area contributed by atoms with Gasteiger partial charge in [0.2, 0.25) is 0 Å². The number of hydrogen-bond donors (Lipinski definition) is 1. The van der Waals surface area contributed by atoms with Crippen molar-refractivity contribution in [3.8, 4) is 6.07 Å². The van der Waals surface area contributed by atoms with Gasteiger partial charge < -0.3 is 10.2 Å². The van der Waals surface area contributed by atoms with Crippen LogP contribution in [0, 0.1) is 17.2 Å². The summed E-state index contributed by atoms with van der Waals surface area (Å²) in [6.07, 6.45) is 0.928. The fourth-order valence-corrected chi connectivity index (χ4v) is 1.07. The minimum atomic E-state index is -0.109. The van der Waals surface area contributed by atoms with E-state index < -0.39 is 0 Å². The molecule has 14 heavy (non-hydrogen) atoms. The number of carbonyl (C=O) groups excluding carboxylic acids is 1. The smallest absolute Gasteiger partial charge is 0.317 e. The second-order valence-corrected chi connectivity index (χ2v) is 3.30. The lowest BCUT2D eigenvalue weighted by Gasteiger charge is -2.22. The van der Waals surface area contributed by atoms with Gasteiger partial charge >= 0.3 is 6.03 Å². The van der Waals surface area contributed by atoms with Crippen molar-refractivity contribution in [2.24, 2.45) is 5.92 Å². The van der Waals surface area contributed by atoms with E-state index in [1.807, 2.05) is 20.8 Å². The number of nitrogens with one attached hydrogen (secondary N) is 1. The van der Waals surface area contributed by atoms with Gasteiger partial charge in [-0.1, -0.05) is 6.92 Å². The van der Waals surface area contributed by atoms with Crippen molar-refractivity contribution < 1.29 is 4.79 Å². The van der Waals surface area contributed by atoms with E-state index in [0.29, 0.717) is 19.6 Å². The van der Waals surface area contributed by atoms with Crippen LogP contribution in [-0.2, 0) is 0 Å². The van der Waals surface area contributed by atoms with Crippen LogP contribution < -0.4 is 5.32 Å². The van der Waals surface area contributed by atoms with Crippen LogP contribution in [0.1, 0.15) is 27.2 Å². The minimum Gasteiger partial charge on any atom is -0.338 e. The van der Waals surface area contributed by atoms with Gasteiger partial charge in [-0.3, -0.25) is 0 Å². The topological polar surface area (TPSA) is 56.1 Å². The molecule has 0 saturated heterocycles. The molecule has 4 heteroatoms. The zero-order valence-electron chi connectivity index (χ0n) is 9.21. The average Bonchev–Trinajstić information content (AvgIpc) is 2.21. The van der Waals surface area contributed by atoms with Crippen LogP contribution >= 0.6 is 0 Å². The van der Waals surface area contributed by atoms with E-state index in [2.05, 4.69) is 11.4 Å². The van der Waals surface area contributed by atoms with Crippen LogP contribution in [0.5, 0.6) is 0 Å². The lowest BCUT2D eigenvalue weighted by Crippen LogP contribution is -2.42. The standard InChI is InChI=1S/C10H19N3O/c1-4-6-12-10(14)13(5-2)8-9(3)7-11/h9H,4-6,8H2,1-3H3,(H,12,14). The van der Waals surface area contributed by atoms with Crippen molar-refractivity contribution in [3.63, 3.8) is 0 Å². The van der Waals surface area contributed by atoms with Crippen LogP contribution in [0.25, 0.3) is 0 Å². The molecule has 0 aromatic rings. The highest BCUT2D eigenvalue weighted by atomic mass is 16.2. The van der Waals surface area contributed by atoms with Crippen LogP contribution in [0.2, 0.25) is 0 Å². The molecule has 0 saturated carbocycles. The molecule has 0 aliphatic carbocycles. The Labute approximate surface area is 85.9 Å². The number of rotatable bonds is 5. The first kappa shape index (κ1) is 12.8. The van der Waals surface area contributed by atoms with E-state index in [0.717, 1.165) is 6.42 Å². The number of hydrogen-bond acceptors (Lipinski definition) is 2. The van der Waals surface area contributed by atoms with Gasteiger partial charge in [0.05, 0.1) is 12.0 Å². The number of carbonyl (C=O) groups is 1. The maximum absolute atomic E-state index is 11.5. The number of nitrogens with zero attached hydrogens (tertiary/aromatic N) is 2. The predicted molar refractivity (Wildman–Crippen MR) is 55.7 cm³/mol. The van der Waals surface area contributed by atoms with Crippen LogP contribution in [0.4, 0.5) is 4.79 Å². The Bertz CT molecular complexity index is 210. The lowest BCUT2D eigenvalue weighted by atomic mass is 10.2. The number of urea groups is 1. The average molecular weight is 197 g/mol. The molecular formula is C10H19N3O. The quantitative estimate of drug-likeness (QED) is 0.727. The first-order chi connectivity index (χ1) is 6.65. The van der Waals surface area contributed by atoms with Crippen molar-refractivity contribution in [1.29, 1.82) is 5.26 Å². The first-order valence-corrected chi connectivity index (χ1v) is 5.08. The maximum atomic E-state index is 11.5. The Balaban J connectivity index is 4.00. The monoisotopic (exact) mass is 197 g/mol. The van der Waals surface area contributed by atoms with Gasteiger partial charge in [-0.15, -0.1) is 0 Å². The van der Waals surface area contributed by atoms with E-state index in [-0.39, 0.29) is 11.9 Å². The Kier molecular flexibility index (Phi) is 6.55. The summed E-state index contributed by atoms with van der Waals surface area (Å²) < 4.78 is 0. The summed E-state index contributed by atoms with van der Waals surface area (Å²) in [6, 6.07) is 2.05. The van der Waals surface area contributed by atoms with E-state index in [1.54, 1.807) is 4.90 Å². The molecule has 0 aromatic carbocycles. The minimum absolute atomic E-state index is 0.0727. The van der Waals surface area contributed by atoms with E-state index in [9.17, 15) is 4.79 Å². The SMILES string of the molecule is CCCNC(=O)N(CC)CC(C)C#N. The van der Waals surface area contributed by atoms with E-state index in [1.165, 1.54) is 0 Å². The highest BCUT2D eigenvalue weighted by Gasteiger charge is 2.13. The molecule has 0 aliphatic heterocycles. The van der Waals surface area contributed by atoms with E-state index >= 15 is 0 Å². The summed E-state index contributed by atoms with van der Waals surface area (Å²) in [6.45, 7) is 7.57. The molecule has 0 radical (unpaired) electrons. The van der Waals surface area contributed by atoms with Gasteiger partial charge in [-0.05, 0) is 20.3 Å². The zero-order valence-corrected chi connectivity index (χ0v) is 9.21. The molecule has 0 heterocycles. The molecule has 0 aromatic heterocycles. The Morgan fingerprint density at radius 2 is 2.21 bits per heavy atom. The van der Waals surface area contributed by atoms with Crippen molar-refractivity contribution in [1.82, 2.24) is 10.2 Å². The Hall–Kier alpha value is -1.24. The van der Waals surface area contributed by atoms with Gasteiger partial charge in [-0.2, -0.15) is 5.26 Å². The molecule has 2 amide bonds. The van der Waals surface area contributed by atoms with Crippen molar-refractivity contribution in [3.05, 3.63) is 0 Å². The summed E-state index contributed by atoms with van der Waals surface area (Å²) in [7, 11) is 0. The molecule has 1 atom stereocenters. The summed E-state index contributed by atoms with van der Waals surface area (Å²) in [5.41, 5.74) is 0. The summed E-state index contributed by atoms with van der Waals surface area (Å²) in [5.74, 6) is -0.109. The molecule has 80 valence electrons. The first-order valence-electron chi connectivity index (χ1n) is 5.08. The third kappa shape index (κ3) is 4.70. The van der Waals surface area contributed by atoms with Gasteiger partial charge in [0.15, 0.2) is 0 Å². The fourth-order valence-electron chi connectivity index (χ4n) is 1.07. The third-order valence-electron chi connectivity index (χ3n) is 1.91. The summed E-state index contributed by atoms with van der Waals surface area (Å²) in [5, 5.41) is 11.4. The Morgan fingerprint density at radius 1 is 1.57 bits per heavy atom. The largest absolute Gasteiger partial charge is 0.338 e. The van der Waals surface area contributed by atoms with Gasteiger partial charge in [0.25, 0.3) is 0 Å². The second-order valence-electron chi connectivity index (χ2n) is 3.30. The second kappa shape index (κ2) is 7.19. The number of nitriles is 1. The molecule has 0 aliphatic rings.